The van der Waals surface area contributed by atoms with Crippen molar-refractivity contribution in [2.75, 3.05) is 13.7 Å². The average Bonchev–Trinajstić information content (AvgIpc) is 2.65. The predicted octanol–water partition coefficient (Wildman–Crippen LogP) is 2.85. The third-order valence-corrected chi connectivity index (χ3v) is 4.24. The van der Waals surface area contributed by atoms with Gasteiger partial charge in [0.15, 0.2) is 0 Å². The fourth-order valence-corrected chi connectivity index (χ4v) is 2.93. The smallest absolute Gasteiger partial charge is 0.411 e. The first kappa shape index (κ1) is 21.5. The Morgan fingerprint density at radius 3 is 2.46 bits per heavy atom. The van der Waals surface area contributed by atoms with Crippen LogP contribution in [0.1, 0.15) is 39.2 Å². The van der Waals surface area contributed by atoms with Crippen LogP contribution < -0.4 is 5.32 Å². The number of carbonyl (C=O) groups is 3. The molecule has 0 saturated carbocycles. The van der Waals surface area contributed by atoms with E-state index in [1.54, 1.807) is 20.8 Å². The molecule has 1 saturated heterocycles. The van der Waals surface area contributed by atoms with Crippen molar-refractivity contribution in [1.29, 1.82) is 0 Å². The van der Waals surface area contributed by atoms with Crippen LogP contribution >= 0.6 is 0 Å². The third-order valence-electron chi connectivity index (χ3n) is 4.24. The van der Waals surface area contributed by atoms with Crippen molar-refractivity contribution in [2.24, 2.45) is 0 Å². The van der Waals surface area contributed by atoms with Crippen molar-refractivity contribution >= 4 is 18.2 Å². The first-order valence-electron chi connectivity index (χ1n) is 9.24. The number of methoxy groups -OCH3 is 1. The summed E-state index contributed by atoms with van der Waals surface area (Å²) in [4.78, 5) is 38.0. The molecule has 1 aliphatic rings. The summed E-state index contributed by atoms with van der Waals surface area (Å²) in [5, 5.41) is 2.76. The van der Waals surface area contributed by atoms with E-state index in [4.69, 9.17) is 14.2 Å². The largest absolute Gasteiger partial charge is 0.467 e. The summed E-state index contributed by atoms with van der Waals surface area (Å²) in [6.45, 7) is 5.70. The summed E-state index contributed by atoms with van der Waals surface area (Å²) in [5.41, 5.74) is 0.207. The average molecular weight is 392 g/mol. The topological polar surface area (TPSA) is 94.2 Å². The highest BCUT2D eigenvalue weighted by molar-refractivity contribution is 5.82. The van der Waals surface area contributed by atoms with Gasteiger partial charge in [-0.05, 0) is 39.2 Å². The molecule has 0 spiro atoms. The summed E-state index contributed by atoms with van der Waals surface area (Å²) < 4.78 is 15.4. The summed E-state index contributed by atoms with van der Waals surface area (Å²) >= 11 is 0. The number of rotatable bonds is 4. The number of nitrogens with one attached hydrogen (secondary N) is 1. The number of likely N-dealkylation sites (tertiary alicyclic amines) is 1. The molecule has 1 aliphatic heterocycles. The van der Waals surface area contributed by atoms with Crippen LogP contribution in [0.5, 0.6) is 0 Å². The number of carbonyl (C=O) groups excluding carboxylic acids is 3. The lowest BCUT2D eigenvalue weighted by Gasteiger charge is -2.38. The lowest BCUT2D eigenvalue weighted by atomic mass is 9.97. The number of esters is 1. The molecule has 154 valence electrons. The van der Waals surface area contributed by atoms with Gasteiger partial charge in [-0.3, -0.25) is 4.90 Å². The van der Waals surface area contributed by atoms with Crippen molar-refractivity contribution in [3.05, 3.63) is 35.9 Å². The number of amides is 2. The lowest BCUT2D eigenvalue weighted by molar-refractivity contribution is -0.148. The Morgan fingerprint density at radius 2 is 1.86 bits per heavy atom. The van der Waals surface area contributed by atoms with Gasteiger partial charge in [-0.15, -0.1) is 0 Å². The minimum absolute atomic E-state index is 0.157. The van der Waals surface area contributed by atoms with E-state index in [0.717, 1.165) is 5.56 Å². The molecule has 2 rings (SSSR count). The molecule has 8 heteroatoms. The maximum absolute atomic E-state index is 12.4. The maximum atomic E-state index is 12.4. The zero-order valence-corrected chi connectivity index (χ0v) is 16.8. The fourth-order valence-electron chi connectivity index (χ4n) is 2.93. The molecule has 1 aromatic carbocycles. The van der Waals surface area contributed by atoms with Gasteiger partial charge in [-0.2, -0.15) is 0 Å². The van der Waals surface area contributed by atoms with Crippen molar-refractivity contribution in [3.63, 3.8) is 0 Å². The summed E-state index contributed by atoms with van der Waals surface area (Å²) in [7, 11) is 1.26. The molecule has 0 radical (unpaired) electrons. The van der Waals surface area contributed by atoms with Crippen LogP contribution in [-0.2, 0) is 25.6 Å². The van der Waals surface area contributed by atoms with Gasteiger partial charge in [0.1, 0.15) is 18.2 Å². The number of hydrogen-bond donors (Lipinski definition) is 1. The van der Waals surface area contributed by atoms with E-state index in [9.17, 15) is 14.4 Å². The lowest BCUT2D eigenvalue weighted by Crippen LogP contribution is -2.56. The minimum Gasteiger partial charge on any atom is -0.467 e. The second-order valence-corrected chi connectivity index (χ2v) is 7.64. The molecular formula is C20H28N2O6. The zero-order chi connectivity index (χ0) is 20.7. The van der Waals surface area contributed by atoms with Gasteiger partial charge in [0.2, 0.25) is 0 Å². The highest BCUT2D eigenvalue weighted by Gasteiger charge is 2.39. The Hall–Kier alpha value is -2.77. The fraction of sp³-hybridized carbons (Fsp3) is 0.550. The van der Waals surface area contributed by atoms with Crippen LogP contribution in [0.15, 0.2) is 30.3 Å². The molecule has 2 atom stereocenters. The molecular weight excluding hydrogens is 364 g/mol. The predicted molar refractivity (Wildman–Crippen MR) is 102 cm³/mol. The standard InChI is InChI=1S/C20H28N2O6/c1-20(2,3)28-19(25)22-11-10-15(12-16(22)17(23)26-4)21-18(24)27-13-14-8-6-5-7-9-14/h5-9,15-16H,10-13H2,1-4H3,(H,21,24)/t15-,16-/m0/s1. The molecule has 8 nitrogen and oxygen atoms in total. The summed E-state index contributed by atoms with van der Waals surface area (Å²) in [6, 6.07) is 8.20. The maximum Gasteiger partial charge on any atom is 0.411 e. The Bertz CT molecular complexity index is 686. The second kappa shape index (κ2) is 9.43. The van der Waals surface area contributed by atoms with Gasteiger partial charge in [0.25, 0.3) is 0 Å². The van der Waals surface area contributed by atoms with Gasteiger partial charge < -0.3 is 19.5 Å². The molecule has 1 N–H and O–H groups in total. The Morgan fingerprint density at radius 1 is 1.18 bits per heavy atom. The number of hydrogen-bond acceptors (Lipinski definition) is 6. The van der Waals surface area contributed by atoms with Gasteiger partial charge >= 0.3 is 18.2 Å². The third kappa shape index (κ3) is 6.44. The Balaban J connectivity index is 1.93. The molecule has 2 amide bonds. The van der Waals surface area contributed by atoms with E-state index in [2.05, 4.69) is 5.32 Å². The molecule has 0 unspecified atom stereocenters. The number of nitrogens with zero attached hydrogens (tertiary/aromatic N) is 1. The van der Waals surface area contributed by atoms with E-state index in [0.29, 0.717) is 6.42 Å². The van der Waals surface area contributed by atoms with Gasteiger partial charge in [0, 0.05) is 12.6 Å². The van der Waals surface area contributed by atoms with Crippen LogP contribution in [-0.4, -0.2) is 54.4 Å². The monoisotopic (exact) mass is 392 g/mol. The number of piperidine rings is 1. The minimum atomic E-state index is -0.826. The Kier molecular flexibility index (Phi) is 7.25. The highest BCUT2D eigenvalue weighted by Crippen LogP contribution is 2.22. The molecule has 1 fully saturated rings. The van der Waals surface area contributed by atoms with E-state index in [1.807, 2.05) is 30.3 Å². The number of benzene rings is 1. The number of alkyl carbamates (subject to hydrolysis) is 1. The molecule has 1 heterocycles. The van der Waals surface area contributed by atoms with Crippen molar-refractivity contribution in [2.45, 2.75) is 57.9 Å². The Labute approximate surface area is 165 Å². The van der Waals surface area contributed by atoms with Crippen LogP contribution in [0.4, 0.5) is 9.59 Å². The van der Waals surface area contributed by atoms with E-state index >= 15 is 0 Å². The normalized spacial score (nSPS) is 19.5. The molecule has 0 aliphatic carbocycles. The molecule has 0 aromatic heterocycles. The highest BCUT2D eigenvalue weighted by atomic mass is 16.6. The van der Waals surface area contributed by atoms with Gasteiger partial charge in [-0.25, -0.2) is 14.4 Å². The van der Waals surface area contributed by atoms with E-state index < -0.39 is 29.8 Å². The summed E-state index contributed by atoms with van der Waals surface area (Å²) in [6.07, 6.45) is -0.435. The van der Waals surface area contributed by atoms with Crippen molar-refractivity contribution < 1.29 is 28.6 Å². The SMILES string of the molecule is COC(=O)[C@@H]1C[C@@H](NC(=O)OCc2ccccc2)CCN1C(=O)OC(C)(C)C. The van der Waals surface area contributed by atoms with Crippen molar-refractivity contribution in [1.82, 2.24) is 10.2 Å². The van der Waals surface area contributed by atoms with Gasteiger partial charge in [0.05, 0.1) is 7.11 Å². The first-order valence-corrected chi connectivity index (χ1v) is 9.24. The summed E-state index contributed by atoms with van der Waals surface area (Å²) in [5.74, 6) is -0.546. The molecule has 28 heavy (non-hydrogen) atoms. The molecule has 1 aromatic rings. The second-order valence-electron chi connectivity index (χ2n) is 7.64. The first-order chi connectivity index (χ1) is 13.2. The van der Waals surface area contributed by atoms with Crippen LogP contribution in [0.25, 0.3) is 0 Å². The van der Waals surface area contributed by atoms with Crippen molar-refractivity contribution in [3.8, 4) is 0 Å². The van der Waals surface area contributed by atoms with E-state index in [-0.39, 0.29) is 25.6 Å². The zero-order valence-electron chi connectivity index (χ0n) is 16.8. The molecule has 0 bridgehead atoms. The quantitative estimate of drug-likeness (QED) is 0.625. The van der Waals surface area contributed by atoms with Crippen LogP contribution in [0.3, 0.4) is 0 Å². The van der Waals surface area contributed by atoms with Gasteiger partial charge in [-0.1, -0.05) is 30.3 Å². The number of ether oxygens (including phenoxy) is 3. The van der Waals surface area contributed by atoms with Crippen LogP contribution in [0.2, 0.25) is 0 Å². The van der Waals surface area contributed by atoms with Crippen LogP contribution in [0, 0.1) is 0 Å². The van der Waals surface area contributed by atoms with E-state index in [1.165, 1.54) is 12.0 Å².